The first kappa shape index (κ1) is 40.3. The van der Waals surface area contributed by atoms with Crippen molar-refractivity contribution in [2.24, 2.45) is 0 Å². The summed E-state index contributed by atoms with van der Waals surface area (Å²) < 4.78 is 36.1. The fourth-order valence-electron chi connectivity index (χ4n) is 4.97. The van der Waals surface area contributed by atoms with Crippen molar-refractivity contribution in [3.63, 3.8) is 0 Å². The van der Waals surface area contributed by atoms with Gasteiger partial charge in [-0.05, 0) is 25.6 Å². The number of nitrogens with zero attached hydrogens (tertiary/aromatic N) is 4. The minimum atomic E-state index is -0.945. The number of benzene rings is 2. The Bertz CT molecular complexity index is 1570. The molecule has 0 unspecified atom stereocenters. The summed E-state index contributed by atoms with van der Waals surface area (Å²) in [6.45, 7) is 17.3. The zero-order valence-corrected chi connectivity index (χ0v) is 34.5. The number of halogens is 1. The van der Waals surface area contributed by atoms with Crippen LogP contribution in [-0.2, 0) is 9.47 Å². The fourth-order valence-corrected chi connectivity index (χ4v) is 10.6. The molecule has 1 radical (unpaired) electrons. The van der Waals surface area contributed by atoms with Crippen LogP contribution in [0.4, 0.5) is 11.5 Å². The molecular weight excluding hydrogens is 677 g/mol. The summed E-state index contributed by atoms with van der Waals surface area (Å²) in [5.41, 5.74) is 1.84. The van der Waals surface area contributed by atoms with Crippen LogP contribution < -0.4 is 53.8 Å². The number of aromatic nitrogens is 2. The number of rotatable bonds is 11. The number of anilines is 2. The van der Waals surface area contributed by atoms with Gasteiger partial charge in [0, 0.05) is 38.2 Å². The van der Waals surface area contributed by atoms with Gasteiger partial charge < -0.3 is 39.4 Å². The van der Waals surface area contributed by atoms with Gasteiger partial charge in [0.1, 0.15) is 41.6 Å². The van der Waals surface area contributed by atoms with Crippen molar-refractivity contribution in [2.45, 2.75) is 39.2 Å². The molecule has 257 valence electrons. The minimum absolute atomic E-state index is 0. The zero-order chi connectivity index (χ0) is 34.0. The van der Waals surface area contributed by atoms with Crippen molar-refractivity contribution < 1.29 is 59.4 Å². The van der Waals surface area contributed by atoms with Crippen molar-refractivity contribution in [1.29, 1.82) is 0 Å². The van der Waals surface area contributed by atoms with E-state index in [2.05, 4.69) is 76.0 Å². The average molecular weight is 725 g/mol. The molecule has 5 rings (SSSR count). The second kappa shape index (κ2) is 19.3. The van der Waals surface area contributed by atoms with Crippen molar-refractivity contribution in [2.75, 3.05) is 79.4 Å². The number of ether oxygens (including phenoxy) is 6. The quantitative estimate of drug-likeness (QED) is 0.180. The molecule has 3 heterocycles. The third-order valence-corrected chi connectivity index (χ3v) is 14.9. The smallest absolute Gasteiger partial charge is 1.00 e. The summed E-state index contributed by atoms with van der Waals surface area (Å²) in [6, 6.07) is 5.44. The molecule has 2 aliphatic heterocycles. The summed E-state index contributed by atoms with van der Waals surface area (Å²) >= 11 is 6.64. The van der Waals surface area contributed by atoms with E-state index in [-0.39, 0.29) is 46.7 Å². The van der Waals surface area contributed by atoms with Crippen LogP contribution in [0.15, 0.2) is 24.5 Å². The van der Waals surface area contributed by atoms with Crippen LogP contribution >= 0.6 is 11.6 Å². The topological polar surface area (TPSA) is 99.7 Å². The molecule has 3 aromatic rings. The summed E-state index contributed by atoms with van der Waals surface area (Å²) in [6.07, 6.45) is 2.38. The molecule has 0 amide bonds. The molecule has 15 heteroatoms. The molecule has 0 bridgehead atoms. The Labute approximate surface area is 316 Å². The monoisotopic (exact) mass is 724 g/mol. The third-order valence-electron chi connectivity index (χ3n) is 7.86. The van der Waals surface area contributed by atoms with Gasteiger partial charge in [-0.25, -0.2) is 9.97 Å². The summed E-state index contributed by atoms with van der Waals surface area (Å²) in [4.78, 5) is 11.3. The van der Waals surface area contributed by atoms with Crippen molar-refractivity contribution >= 4 is 51.2 Å². The predicted octanol–water partition coefficient (Wildman–Crippen LogP) is 2.98. The van der Waals surface area contributed by atoms with E-state index < -0.39 is 8.24 Å². The first-order chi connectivity index (χ1) is 22.5. The Balaban J connectivity index is 0.000000670. The van der Waals surface area contributed by atoms with Crippen LogP contribution in [0.2, 0.25) is 37.8 Å². The largest absolute Gasteiger partial charge is 1.00 e. The van der Waals surface area contributed by atoms with E-state index in [1.165, 1.54) is 6.33 Å². The third kappa shape index (κ3) is 11.0. The summed E-state index contributed by atoms with van der Waals surface area (Å²) in [5.74, 6) is 8.66. The number of fused-ring (bicyclic) bond motifs is 2. The molecule has 0 saturated carbocycles. The molecule has 1 N–H and O–H groups in total. The van der Waals surface area contributed by atoms with E-state index >= 15 is 0 Å². The first-order valence-corrected chi connectivity index (χ1v) is 22.0. The Morgan fingerprint density at radius 2 is 1.81 bits per heavy atom. The van der Waals surface area contributed by atoms with Gasteiger partial charge in [0.05, 0.1) is 43.0 Å². The second-order valence-corrected chi connectivity index (χ2v) is 20.7. The average Bonchev–Trinajstić information content (AvgIpc) is 3.55. The van der Waals surface area contributed by atoms with Crippen LogP contribution in [0.1, 0.15) is 13.4 Å². The molecule has 48 heavy (non-hydrogen) atoms. The maximum atomic E-state index is 6.64. The first-order valence-electron chi connectivity index (χ1n) is 15.7. The van der Waals surface area contributed by atoms with Crippen LogP contribution in [0.5, 0.6) is 23.0 Å². The van der Waals surface area contributed by atoms with Crippen LogP contribution in [0.3, 0.4) is 0 Å². The Kier molecular flexibility index (Phi) is 16.2. The number of morpholine rings is 1. The number of hydrogen-bond donors (Lipinski definition) is 1. The molecule has 1 saturated heterocycles. The van der Waals surface area contributed by atoms with Gasteiger partial charge in [-0.15, -0.1) is 0 Å². The normalized spacial score (nSPS) is 14.1. The van der Waals surface area contributed by atoms with E-state index in [1.807, 2.05) is 12.1 Å². The molecule has 0 spiro atoms. The maximum absolute atomic E-state index is 6.64. The van der Waals surface area contributed by atoms with E-state index in [0.29, 0.717) is 63.8 Å². The van der Waals surface area contributed by atoms with Gasteiger partial charge in [-0.1, -0.05) is 56.2 Å². The molecule has 2 aliphatic rings. The maximum Gasteiger partial charge on any atom is 1.00 e. The summed E-state index contributed by atoms with van der Waals surface area (Å²) in [5, 5.41) is 4.44. The molecule has 0 atom stereocenters. The van der Waals surface area contributed by atoms with Crippen LogP contribution in [0, 0.1) is 11.8 Å². The zero-order valence-electron chi connectivity index (χ0n) is 30.8. The van der Waals surface area contributed by atoms with E-state index in [1.54, 1.807) is 20.3 Å². The van der Waals surface area contributed by atoms with Crippen molar-refractivity contribution in [3.05, 3.63) is 35.1 Å². The van der Waals surface area contributed by atoms with Gasteiger partial charge in [0.15, 0.2) is 23.0 Å². The van der Waals surface area contributed by atoms with Gasteiger partial charge in [-0.2, -0.15) is 0 Å². The van der Waals surface area contributed by atoms with E-state index in [0.717, 1.165) is 44.7 Å². The molecule has 2 aromatic carbocycles. The van der Waals surface area contributed by atoms with Crippen molar-refractivity contribution in [3.8, 4) is 34.8 Å². The Hall–Kier alpha value is -2.10. The number of methoxy groups -OCH3 is 2. The molecule has 11 nitrogen and oxygen atoms in total. The second-order valence-electron chi connectivity index (χ2n) is 12.3. The fraction of sp³-hybridized carbons (Fsp3) is 0.515. The molecule has 0 aliphatic carbocycles. The van der Waals surface area contributed by atoms with Crippen molar-refractivity contribution in [1.82, 2.24) is 19.1 Å². The standard InChI is InChI=1S/C27H29ClN4O6.C6H18NSi2.Na.H/c1-33-9-3-5-18-13-20(28)24(26-25(18)37-17-38-26)31-27-19-14-22(34-2)23(15-21(19)29-16-30-27)36-10-4-6-32-7-11-35-12-8-32;1-7(8(2)3)9(4,5)6;;/h13-16H,4,6-12,17H2,1-2H3,(H,29,30,31);1-6H3;;/q;;+1;-1. The number of nitrogens with one attached hydrogen (secondary N) is 1. The van der Waals surface area contributed by atoms with Gasteiger partial charge in [0.25, 0.3) is 0 Å². The minimum Gasteiger partial charge on any atom is -1.00 e. The SMILES string of the molecule is CN([Si](C)C)[Si](C)(C)C.COCC#Cc1cc(Cl)c(Nc2ncnc3cc(OCCCN4CCOCC4)c(OC)cc23)c2c1OCO2.[H-].[Na+]. The van der Waals surface area contributed by atoms with Gasteiger partial charge in [0.2, 0.25) is 6.79 Å². The molecular formula is C33H48ClN5NaO6Si2. The van der Waals surface area contributed by atoms with Gasteiger partial charge >= 0.3 is 29.6 Å². The molecule has 1 fully saturated rings. The van der Waals surface area contributed by atoms with Crippen LogP contribution in [0.25, 0.3) is 10.9 Å². The summed E-state index contributed by atoms with van der Waals surface area (Å²) in [7, 11) is 4.34. The number of hydrogen-bond acceptors (Lipinski definition) is 11. The molecule has 1 aromatic heterocycles. The Morgan fingerprint density at radius 3 is 2.46 bits per heavy atom. The van der Waals surface area contributed by atoms with Crippen LogP contribution in [-0.4, -0.2) is 110 Å². The van der Waals surface area contributed by atoms with E-state index in [4.69, 9.17) is 40.0 Å². The van der Waals surface area contributed by atoms with Gasteiger partial charge in [-0.3, -0.25) is 4.90 Å². The predicted molar refractivity (Wildman–Crippen MR) is 193 cm³/mol. The van der Waals surface area contributed by atoms with E-state index in [9.17, 15) is 0 Å². The Morgan fingerprint density at radius 1 is 1.08 bits per heavy atom.